The first-order valence-electron chi connectivity index (χ1n) is 6.59. The fourth-order valence-corrected chi connectivity index (χ4v) is 2.45. The third-order valence-corrected chi connectivity index (χ3v) is 3.53. The molecule has 1 aliphatic rings. The van der Waals surface area contributed by atoms with Gasteiger partial charge >= 0.3 is 0 Å². The van der Waals surface area contributed by atoms with Crippen LogP contribution in [0.3, 0.4) is 0 Å². The highest BCUT2D eigenvalue weighted by Crippen LogP contribution is 2.26. The summed E-state index contributed by atoms with van der Waals surface area (Å²) in [7, 11) is 1.90. The smallest absolute Gasteiger partial charge is 0.289 e. The molecule has 0 aromatic heterocycles. The van der Waals surface area contributed by atoms with Crippen LogP contribution in [0.2, 0.25) is 0 Å². The van der Waals surface area contributed by atoms with Gasteiger partial charge in [-0.1, -0.05) is 0 Å². The van der Waals surface area contributed by atoms with Gasteiger partial charge in [0.1, 0.15) is 11.6 Å². The normalized spacial score (nSPS) is 18.3. The summed E-state index contributed by atoms with van der Waals surface area (Å²) in [5.74, 6) is 0.448. The number of nitro benzene ring substituents is 1. The van der Waals surface area contributed by atoms with Crippen molar-refractivity contribution in [2.75, 3.05) is 31.7 Å². The van der Waals surface area contributed by atoms with Crippen molar-refractivity contribution in [2.24, 2.45) is 5.92 Å². The molecule has 106 valence electrons. The molecule has 1 aromatic rings. The lowest BCUT2D eigenvalue weighted by atomic mass is 10.0. The Balaban J connectivity index is 2.13. The number of rotatable bonds is 4. The molecular weight excluding hydrogens is 258 g/mol. The van der Waals surface area contributed by atoms with Gasteiger partial charge in [-0.05, 0) is 30.9 Å². The summed E-state index contributed by atoms with van der Waals surface area (Å²) >= 11 is 0. The van der Waals surface area contributed by atoms with Crippen molar-refractivity contribution in [3.63, 3.8) is 0 Å². The first kappa shape index (κ1) is 14.3. The number of ether oxygens (including phenoxy) is 1. The minimum atomic E-state index is -0.514. The van der Waals surface area contributed by atoms with Gasteiger partial charge in [0.15, 0.2) is 0 Å². The fraction of sp³-hybridized carbons (Fsp3) is 0.500. The number of nitriles is 1. The van der Waals surface area contributed by atoms with Crippen molar-refractivity contribution in [1.29, 1.82) is 5.26 Å². The summed E-state index contributed by atoms with van der Waals surface area (Å²) < 4.78 is 5.44. The highest BCUT2D eigenvalue weighted by molar-refractivity contribution is 5.60. The first-order valence-corrected chi connectivity index (χ1v) is 6.59. The molecule has 20 heavy (non-hydrogen) atoms. The number of hydrogen-bond donors (Lipinski definition) is 0. The Morgan fingerprint density at radius 3 is 3.00 bits per heavy atom. The summed E-state index contributed by atoms with van der Waals surface area (Å²) in [4.78, 5) is 12.4. The van der Waals surface area contributed by atoms with Crippen molar-refractivity contribution in [1.82, 2.24) is 0 Å². The zero-order valence-electron chi connectivity index (χ0n) is 11.4. The predicted molar refractivity (Wildman–Crippen MR) is 74.6 cm³/mol. The van der Waals surface area contributed by atoms with Gasteiger partial charge in [0.05, 0.1) is 11.5 Å². The van der Waals surface area contributed by atoms with Gasteiger partial charge in [-0.3, -0.25) is 10.1 Å². The van der Waals surface area contributed by atoms with E-state index in [0.717, 1.165) is 38.3 Å². The van der Waals surface area contributed by atoms with E-state index in [2.05, 4.69) is 0 Å². The second-order valence-corrected chi connectivity index (χ2v) is 5.03. The zero-order valence-corrected chi connectivity index (χ0v) is 11.4. The average molecular weight is 275 g/mol. The molecule has 0 N–H and O–H groups in total. The van der Waals surface area contributed by atoms with E-state index in [4.69, 9.17) is 10.00 Å². The van der Waals surface area contributed by atoms with E-state index in [-0.39, 0.29) is 11.3 Å². The Bertz CT molecular complexity index is 533. The minimum absolute atomic E-state index is 0.0909. The van der Waals surface area contributed by atoms with Crippen molar-refractivity contribution in [3.05, 3.63) is 33.9 Å². The highest BCUT2D eigenvalue weighted by Gasteiger charge is 2.19. The van der Waals surface area contributed by atoms with E-state index in [1.165, 1.54) is 12.1 Å². The van der Waals surface area contributed by atoms with Crippen LogP contribution in [-0.4, -0.2) is 31.7 Å². The molecule has 0 aliphatic carbocycles. The molecule has 1 saturated heterocycles. The summed E-state index contributed by atoms with van der Waals surface area (Å²) in [5.41, 5.74) is 0.700. The maximum Gasteiger partial charge on any atom is 0.289 e. The highest BCUT2D eigenvalue weighted by atomic mass is 16.6. The molecular formula is C14H17N3O3. The van der Waals surface area contributed by atoms with Gasteiger partial charge < -0.3 is 9.64 Å². The summed E-state index contributed by atoms with van der Waals surface area (Å²) in [6, 6.07) is 6.55. The van der Waals surface area contributed by atoms with Gasteiger partial charge in [-0.25, -0.2) is 0 Å². The molecule has 1 heterocycles. The number of hydrogen-bond acceptors (Lipinski definition) is 5. The first-order chi connectivity index (χ1) is 9.61. The van der Waals surface area contributed by atoms with Crippen LogP contribution in [0.1, 0.15) is 18.4 Å². The Morgan fingerprint density at radius 2 is 2.40 bits per heavy atom. The molecule has 1 unspecified atom stereocenters. The van der Waals surface area contributed by atoms with Crippen LogP contribution in [0.5, 0.6) is 0 Å². The third-order valence-electron chi connectivity index (χ3n) is 3.53. The molecule has 1 aliphatic heterocycles. The van der Waals surface area contributed by atoms with E-state index in [0.29, 0.717) is 5.92 Å². The minimum Gasteiger partial charge on any atom is -0.381 e. The summed E-state index contributed by atoms with van der Waals surface area (Å²) in [6.45, 7) is 2.36. The molecule has 2 rings (SSSR count). The number of anilines is 1. The third kappa shape index (κ3) is 3.25. The van der Waals surface area contributed by atoms with Crippen molar-refractivity contribution >= 4 is 11.4 Å². The summed E-state index contributed by atoms with van der Waals surface area (Å²) in [6.07, 6.45) is 2.18. The van der Waals surface area contributed by atoms with Crippen LogP contribution < -0.4 is 4.90 Å². The maximum absolute atomic E-state index is 11.0. The van der Waals surface area contributed by atoms with Gasteiger partial charge in [-0.2, -0.15) is 5.26 Å². The Labute approximate surface area is 117 Å². The van der Waals surface area contributed by atoms with E-state index in [1.54, 1.807) is 6.07 Å². The molecule has 6 nitrogen and oxygen atoms in total. The SMILES string of the molecule is CN(CC1CCCOC1)c1ccc(C#N)c([N+](=O)[O-])c1. The average Bonchev–Trinajstić information content (AvgIpc) is 2.47. The molecule has 1 atom stereocenters. The number of benzene rings is 1. The number of nitro groups is 1. The zero-order chi connectivity index (χ0) is 14.5. The van der Waals surface area contributed by atoms with Gasteiger partial charge in [-0.15, -0.1) is 0 Å². The Morgan fingerprint density at radius 1 is 1.60 bits per heavy atom. The second-order valence-electron chi connectivity index (χ2n) is 5.03. The molecule has 6 heteroatoms. The van der Waals surface area contributed by atoms with Crippen LogP contribution in [0.4, 0.5) is 11.4 Å². The molecule has 0 amide bonds. The monoisotopic (exact) mass is 275 g/mol. The van der Waals surface area contributed by atoms with Gasteiger partial charge in [0, 0.05) is 32.0 Å². The van der Waals surface area contributed by atoms with E-state index in [9.17, 15) is 10.1 Å². The topological polar surface area (TPSA) is 79.4 Å². The quantitative estimate of drug-likeness (QED) is 0.622. The van der Waals surface area contributed by atoms with E-state index in [1.807, 2.05) is 18.0 Å². The van der Waals surface area contributed by atoms with E-state index >= 15 is 0 Å². The molecule has 0 spiro atoms. The lowest BCUT2D eigenvalue weighted by molar-refractivity contribution is -0.385. The van der Waals surface area contributed by atoms with Crippen LogP contribution in [0.15, 0.2) is 18.2 Å². The van der Waals surface area contributed by atoms with Crippen molar-refractivity contribution in [2.45, 2.75) is 12.8 Å². The van der Waals surface area contributed by atoms with Crippen LogP contribution in [-0.2, 0) is 4.74 Å². The van der Waals surface area contributed by atoms with Crippen molar-refractivity contribution < 1.29 is 9.66 Å². The Kier molecular flexibility index (Phi) is 4.53. The Hall–Kier alpha value is -2.13. The second kappa shape index (κ2) is 6.35. The van der Waals surface area contributed by atoms with Crippen LogP contribution in [0, 0.1) is 27.4 Å². The van der Waals surface area contributed by atoms with E-state index < -0.39 is 4.92 Å². The summed E-state index contributed by atoms with van der Waals surface area (Å²) in [5, 5.41) is 19.8. The van der Waals surface area contributed by atoms with Gasteiger partial charge in [0.25, 0.3) is 5.69 Å². The largest absolute Gasteiger partial charge is 0.381 e. The molecule has 0 saturated carbocycles. The van der Waals surface area contributed by atoms with Crippen LogP contribution in [0.25, 0.3) is 0 Å². The maximum atomic E-state index is 11.0. The van der Waals surface area contributed by atoms with Gasteiger partial charge in [0.2, 0.25) is 0 Å². The molecule has 1 aromatic carbocycles. The standard InChI is InChI=1S/C14H17N3O3/c1-16(9-11-3-2-6-20-10-11)13-5-4-12(8-15)14(7-13)17(18)19/h4-5,7,11H,2-3,6,9-10H2,1H3. The molecule has 0 radical (unpaired) electrons. The lowest BCUT2D eigenvalue weighted by Gasteiger charge is -2.28. The number of nitrogens with zero attached hydrogens (tertiary/aromatic N) is 3. The van der Waals surface area contributed by atoms with Crippen LogP contribution >= 0.6 is 0 Å². The lowest BCUT2D eigenvalue weighted by Crippen LogP contribution is -2.30. The molecule has 1 fully saturated rings. The predicted octanol–water partition coefficient (Wildman–Crippen LogP) is 2.33. The fourth-order valence-electron chi connectivity index (χ4n) is 2.45. The molecule has 0 bridgehead atoms. The van der Waals surface area contributed by atoms with Crippen molar-refractivity contribution in [3.8, 4) is 6.07 Å².